The number of unbranched alkanes of at least 4 members (excludes halogenated alkanes) is 9. The molecule has 0 aliphatic heterocycles. The largest absolute Gasteiger partial charge is 0.405 e. The van der Waals surface area contributed by atoms with Crippen molar-refractivity contribution in [2.75, 3.05) is 0 Å². The lowest BCUT2D eigenvalue weighted by atomic mass is 10.1. The van der Waals surface area contributed by atoms with E-state index in [1.54, 1.807) is 6.20 Å². The molecule has 0 saturated heterocycles. The zero-order valence-corrected chi connectivity index (χ0v) is 9.80. The minimum atomic E-state index is 1.16. The van der Waals surface area contributed by atoms with Crippen molar-refractivity contribution < 1.29 is 0 Å². The van der Waals surface area contributed by atoms with Crippen molar-refractivity contribution in [2.24, 2.45) is 5.73 Å². The number of hydrogen-bond acceptors (Lipinski definition) is 1. The van der Waals surface area contributed by atoms with Gasteiger partial charge in [-0.3, -0.25) is 0 Å². The molecule has 0 atom stereocenters. The van der Waals surface area contributed by atoms with Gasteiger partial charge in [0.1, 0.15) is 0 Å². The molecule has 0 bridgehead atoms. The summed E-state index contributed by atoms with van der Waals surface area (Å²) in [5.74, 6) is 0. The van der Waals surface area contributed by atoms with Crippen LogP contribution in [0.4, 0.5) is 0 Å². The molecule has 0 heterocycles. The van der Waals surface area contributed by atoms with Crippen LogP contribution in [0.5, 0.6) is 0 Å². The Bertz CT molecular complexity index is 118. The van der Waals surface area contributed by atoms with Crippen LogP contribution in [0.3, 0.4) is 0 Å². The highest BCUT2D eigenvalue weighted by Gasteiger charge is 1.90. The van der Waals surface area contributed by atoms with Gasteiger partial charge in [-0.15, -0.1) is 0 Å². The van der Waals surface area contributed by atoms with E-state index in [4.69, 9.17) is 5.73 Å². The van der Waals surface area contributed by atoms with Crippen LogP contribution < -0.4 is 5.73 Å². The average Bonchev–Trinajstić information content (AvgIpc) is 2.21. The lowest BCUT2D eigenvalue weighted by molar-refractivity contribution is 0.566. The molecule has 0 aliphatic rings. The lowest BCUT2D eigenvalue weighted by Crippen LogP contribution is -1.81. The topological polar surface area (TPSA) is 26.0 Å². The number of hydrogen-bond donors (Lipinski definition) is 1. The first kappa shape index (κ1) is 13.5. The van der Waals surface area contributed by atoms with E-state index in [-0.39, 0.29) is 0 Å². The van der Waals surface area contributed by atoms with E-state index < -0.39 is 0 Å². The molecule has 2 N–H and O–H groups in total. The Kier molecular flexibility index (Phi) is 12.1. The highest BCUT2D eigenvalue weighted by molar-refractivity contribution is 4.74. The molecular weight excluding hydrogens is 170 g/mol. The van der Waals surface area contributed by atoms with Gasteiger partial charge in [0, 0.05) is 0 Å². The summed E-state index contributed by atoms with van der Waals surface area (Å²) in [6, 6.07) is 0. The molecule has 0 fully saturated rings. The van der Waals surface area contributed by atoms with E-state index >= 15 is 0 Å². The molecule has 0 saturated carbocycles. The smallest absolute Gasteiger partial charge is 0.0103 e. The molecule has 0 radical (unpaired) electrons. The normalized spacial score (nSPS) is 11.2. The van der Waals surface area contributed by atoms with Gasteiger partial charge in [-0.2, -0.15) is 0 Å². The van der Waals surface area contributed by atoms with E-state index in [2.05, 4.69) is 13.0 Å². The molecule has 0 aromatic heterocycles. The summed E-state index contributed by atoms with van der Waals surface area (Å²) < 4.78 is 0. The number of allylic oxidation sites excluding steroid dienone is 1. The summed E-state index contributed by atoms with van der Waals surface area (Å²) in [5, 5.41) is 0. The van der Waals surface area contributed by atoms with Gasteiger partial charge in [0.05, 0.1) is 0 Å². The average molecular weight is 197 g/mol. The van der Waals surface area contributed by atoms with Crippen LogP contribution >= 0.6 is 0 Å². The van der Waals surface area contributed by atoms with Crippen LogP contribution in [0.15, 0.2) is 12.3 Å². The fraction of sp³-hybridized carbons (Fsp3) is 0.846. The van der Waals surface area contributed by atoms with Crippen LogP contribution in [0.1, 0.15) is 71.1 Å². The van der Waals surface area contributed by atoms with Crippen molar-refractivity contribution in [3.8, 4) is 0 Å². The second-order valence-electron chi connectivity index (χ2n) is 4.05. The molecule has 0 rings (SSSR count). The van der Waals surface area contributed by atoms with Crippen LogP contribution in [-0.2, 0) is 0 Å². The van der Waals surface area contributed by atoms with Crippen LogP contribution in [0.2, 0.25) is 0 Å². The second kappa shape index (κ2) is 12.5. The summed E-state index contributed by atoms with van der Waals surface area (Å²) in [4.78, 5) is 0. The lowest BCUT2D eigenvalue weighted by Gasteiger charge is -2.00. The summed E-state index contributed by atoms with van der Waals surface area (Å²) in [5.41, 5.74) is 5.26. The highest BCUT2D eigenvalue weighted by Crippen LogP contribution is 2.10. The van der Waals surface area contributed by atoms with E-state index in [0.717, 1.165) is 6.42 Å². The van der Waals surface area contributed by atoms with Crippen LogP contribution in [0.25, 0.3) is 0 Å². The molecule has 0 unspecified atom stereocenters. The maximum atomic E-state index is 5.26. The molecule has 0 aliphatic carbocycles. The Hall–Kier alpha value is -0.460. The van der Waals surface area contributed by atoms with Gasteiger partial charge in [0.15, 0.2) is 0 Å². The van der Waals surface area contributed by atoms with E-state index in [1.807, 2.05) is 0 Å². The van der Waals surface area contributed by atoms with Crippen molar-refractivity contribution in [3.63, 3.8) is 0 Å². The van der Waals surface area contributed by atoms with Gasteiger partial charge >= 0.3 is 0 Å². The minimum Gasteiger partial charge on any atom is -0.405 e. The van der Waals surface area contributed by atoms with Gasteiger partial charge in [-0.25, -0.2) is 0 Å². The Balaban J connectivity index is 2.85. The third-order valence-corrected chi connectivity index (χ3v) is 2.61. The zero-order chi connectivity index (χ0) is 10.5. The summed E-state index contributed by atoms with van der Waals surface area (Å²) >= 11 is 0. The predicted octanol–water partition coefficient (Wildman–Crippen LogP) is 4.38. The molecule has 14 heavy (non-hydrogen) atoms. The van der Waals surface area contributed by atoms with Crippen molar-refractivity contribution in [1.82, 2.24) is 0 Å². The number of nitrogens with two attached hydrogens (primary N) is 1. The third-order valence-electron chi connectivity index (χ3n) is 2.61. The van der Waals surface area contributed by atoms with E-state index in [9.17, 15) is 0 Å². The summed E-state index contributed by atoms with van der Waals surface area (Å²) in [6.07, 6.45) is 17.5. The van der Waals surface area contributed by atoms with Gasteiger partial charge in [0.25, 0.3) is 0 Å². The maximum Gasteiger partial charge on any atom is -0.0103 e. The van der Waals surface area contributed by atoms with Gasteiger partial charge in [-0.05, 0) is 19.0 Å². The molecule has 0 aromatic carbocycles. The third kappa shape index (κ3) is 11.5. The molecule has 0 aromatic rings. The first-order chi connectivity index (χ1) is 6.91. The Morgan fingerprint density at radius 2 is 1.29 bits per heavy atom. The van der Waals surface area contributed by atoms with Gasteiger partial charge in [-0.1, -0.05) is 64.4 Å². The predicted molar refractivity (Wildman–Crippen MR) is 65.2 cm³/mol. The quantitative estimate of drug-likeness (QED) is 0.517. The maximum absolute atomic E-state index is 5.26. The fourth-order valence-electron chi connectivity index (χ4n) is 1.67. The second-order valence-corrected chi connectivity index (χ2v) is 4.05. The highest BCUT2D eigenvalue weighted by atomic mass is 14.5. The van der Waals surface area contributed by atoms with Gasteiger partial charge < -0.3 is 5.73 Å². The van der Waals surface area contributed by atoms with Crippen molar-refractivity contribution >= 4 is 0 Å². The molecule has 1 nitrogen and oxygen atoms in total. The summed E-state index contributed by atoms with van der Waals surface area (Å²) in [6.45, 7) is 2.27. The summed E-state index contributed by atoms with van der Waals surface area (Å²) in [7, 11) is 0. The SMILES string of the molecule is CCCCCCCCCCCC=CN. The Morgan fingerprint density at radius 1 is 0.786 bits per heavy atom. The fourth-order valence-corrected chi connectivity index (χ4v) is 1.67. The zero-order valence-electron chi connectivity index (χ0n) is 9.80. The monoisotopic (exact) mass is 197 g/mol. The Morgan fingerprint density at radius 3 is 1.79 bits per heavy atom. The first-order valence-corrected chi connectivity index (χ1v) is 6.28. The molecule has 0 spiro atoms. The molecule has 1 heteroatoms. The molecular formula is C13H27N. The van der Waals surface area contributed by atoms with E-state index in [0.29, 0.717) is 0 Å². The number of rotatable bonds is 10. The van der Waals surface area contributed by atoms with Crippen molar-refractivity contribution in [1.29, 1.82) is 0 Å². The van der Waals surface area contributed by atoms with E-state index in [1.165, 1.54) is 57.8 Å². The standard InChI is InChI=1S/C13H27N/c1-2-3-4-5-6-7-8-9-10-11-12-13-14/h12-13H,2-11,14H2,1H3. The van der Waals surface area contributed by atoms with Crippen LogP contribution in [-0.4, -0.2) is 0 Å². The molecule has 0 amide bonds. The molecule has 84 valence electrons. The Labute approximate surface area is 89.8 Å². The van der Waals surface area contributed by atoms with Crippen LogP contribution in [0, 0.1) is 0 Å². The first-order valence-electron chi connectivity index (χ1n) is 6.28. The van der Waals surface area contributed by atoms with Crippen molar-refractivity contribution in [2.45, 2.75) is 71.1 Å². The van der Waals surface area contributed by atoms with Crippen molar-refractivity contribution in [3.05, 3.63) is 12.3 Å². The van der Waals surface area contributed by atoms with Gasteiger partial charge in [0.2, 0.25) is 0 Å². The minimum absolute atomic E-state index is 1.16.